The normalized spacial score (nSPS) is 11.0. The van der Waals surface area contributed by atoms with E-state index in [4.69, 9.17) is 0 Å². The summed E-state index contributed by atoms with van der Waals surface area (Å²) in [5.41, 5.74) is -1.17. The number of aromatic nitrogens is 2. The van der Waals surface area contributed by atoms with Crippen LogP contribution in [0.1, 0.15) is 65.2 Å². The molecule has 0 aliphatic carbocycles. The minimum absolute atomic E-state index is 0.291. The van der Waals surface area contributed by atoms with E-state index in [2.05, 4.69) is 62.4 Å². The van der Waals surface area contributed by atoms with Crippen LogP contribution in [0.15, 0.2) is 67.7 Å². The minimum Gasteiger partial charge on any atom is -0.274 e. The van der Waals surface area contributed by atoms with Gasteiger partial charge in [-0.05, 0) is 61.4 Å². The van der Waals surface area contributed by atoms with E-state index < -0.39 is 0 Å². The summed E-state index contributed by atoms with van der Waals surface area (Å²) < 4.78 is 5.74. The van der Waals surface area contributed by atoms with Crippen LogP contribution in [-0.2, 0) is 13.1 Å². The number of unbranched alkanes of at least 4 members (excludes halogenated alkanes) is 6. The highest BCUT2D eigenvalue weighted by Crippen LogP contribution is 2.20. The number of thiophene rings is 2. The van der Waals surface area contributed by atoms with Crippen molar-refractivity contribution in [3.8, 4) is 0 Å². The molecule has 0 unspecified atom stereocenters. The van der Waals surface area contributed by atoms with Gasteiger partial charge in [0.25, 0.3) is 22.2 Å². The van der Waals surface area contributed by atoms with Gasteiger partial charge in [-0.2, -0.15) is 0 Å². The Morgan fingerprint density at radius 2 is 0.712 bits per heavy atom. The summed E-state index contributed by atoms with van der Waals surface area (Å²) >= 11 is 2.83. The summed E-state index contributed by atoms with van der Waals surface area (Å²) in [6, 6.07) is 40.0. The molecule has 2 aromatic carbocycles. The number of benzene rings is 2. The van der Waals surface area contributed by atoms with E-state index in [0.717, 1.165) is 70.2 Å². The molecule has 0 saturated carbocycles. The van der Waals surface area contributed by atoms with E-state index in [0.29, 0.717) is 56.2 Å². The van der Waals surface area contributed by atoms with Crippen LogP contribution < -0.4 is 22.2 Å². The third-order valence-corrected chi connectivity index (χ3v) is 11.0. The molecule has 7 rings (SSSR count). The Labute approximate surface area is 309 Å². The monoisotopic (exact) mass is 718 g/mol. The molecule has 5 aromatic heterocycles. The molecule has 4 bridgehead atoms. The van der Waals surface area contributed by atoms with Gasteiger partial charge < -0.3 is 0 Å². The largest absolute Gasteiger partial charge is 0.274 e. The molecule has 0 fully saturated rings. The Morgan fingerprint density at radius 3 is 0.981 bits per heavy atom. The lowest BCUT2D eigenvalue weighted by atomic mass is 10.1. The fourth-order valence-electron chi connectivity index (χ4n) is 6.35. The first-order chi connectivity index (χ1) is 25.3. The Balaban J connectivity index is 1.41. The van der Waals surface area contributed by atoms with Gasteiger partial charge in [0, 0.05) is 34.6 Å². The average Bonchev–Trinajstić information content (AvgIpc) is 3.91. The van der Waals surface area contributed by atoms with Crippen molar-refractivity contribution in [2.24, 2.45) is 0 Å². The van der Waals surface area contributed by atoms with Crippen molar-refractivity contribution < 1.29 is 0 Å². The predicted octanol–water partition coefficient (Wildman–Crippen LogP) is 9.02. The number of hydrogen-bond acceptors (Lipinski definition) is 6. The van der Waals surface area contributed by atoms with Gasteiger partial charge >= 0.3 is 0 Å². The Bertz CT molecular complexity index is 2460. The van der Waals surface area contributed by atoms with Gasteiger partial charge in [0.15, 0.2) is 0 Å². The number of fused-ring (bicyclic) bond motifs is 8. The fraction of sp³-hybridized carbons (Fsp3) is 0.273. The van der Waals surface area contributed by atoms with Crippen molar-refractivity contribution in [2.75, 3.05) is 0 Å². The van der Waals surface area contributed by atoms with E-state index in [1.54, 1.807) is 24.3 Å². The molecule has 0 amide bonds. The second-order valence-corrected chi connectivity index (χ2v) is 15.0. The SMILES string of the molecule is CCCCCCn1c(=O)c2cc3c#cc4ccc(c#cc5cc6c(=O)n(CCCCCC)c(=O)c6cc5c#cc5ccc(c#cc3cc2c1=O)s5)s4. The van der Waals surface area contributed by atoms with Crippen molar-refractivity contribution in [1.82, 2.24) is 9.13 Å². The maximum Gasteiger partial charge on any atom is 0.261 e. The van der Waals surface area contributed by atoms with Gasteiger partial charge in [0.1, 0.15) is 0 Å². The molecule has 52 heavy (non-hydrogen) atoms. The minimum atomic E-state index is -0.291. The smallest absolute Gasteiger partial charge is 0.261 e. The molecule has 7 aromatic rings. The topological polar surface area (TPSA) is 78.1 Å². The third-order valence-electron chi connectivity index (χ3n) is 9.18. The quantitative estimate of drug-likeness (QED) is 0.132. The molecule has 0 N–H and O–H groups in total. The Morgan fingerprint density at radius 1 is 0.423 bits per heavy atom. The Kier molecular flexibility index (Phi) is 10.2. The lowest BCUT2D eigenvalue weighted by Gasteiger charge is -1.99. The second kappa shape index (κ2) is 15.3. The van der Waals surface area contributed by atoms with E-state index in [-0.39, 0.29) is 22.2 Å². The molecule has 0 saturated heterocycles. The molecule has 0 radical (unpaired) electrons. The van der Waals surface area contributed by atoms with Gasteiger partial charge in [0.2, 0.25) is 0 Å². The zero-order valence-electron chi connectivity index (χ0n) is 29.0. The molecule has 8 heteroatoms. The second-order valence-electron chi connectivity index (χ2n) is 12.9. The molecular weight excluding hydrogens is 685 g/mol. The fourth-order valence-corrected chi connectivity index (χ4v) is 7.77. The van der Waals surface area contributed by atoms with Crippen molar-refractivity contribution in [3.63, 3.8) is 0 Å². The standard InChI is InChI=1S/C44H34N2O4S2/c1-3-5-7-9-23-45-41(47)37-25-29-11-15-33-19-21-35(51-33)17-13-31-27-39-40(44(50)46(43(39)49)24-10-8-6-4-2)28-32(31)14-18-36-22-20-34(52-36)16-12-30(29)26-38(37)42(45)48/h19-22,25-28H,3-10,23-24H2,1-2H3. The molecule has 256 valence electrons. The highest BCUT2D eigenvalue weighted by Gasteiger charge is 2.15. The first-order valence-electron chi connectivity index (χ1n) is 17.7. The summed E-state index contributed by atoms with van der Waals surface area (Å²) in [6.07, 6.45) is 7.72. The summed E-state index contributed by atoms with van der Waals surface area (Å²) in [5, 5.41) is 3.70. The average molecular weight is 719 g/mol. The zero-order valence-corrected chi connectivity index (χ0v) is 30.7. The van der Waals surface area contributed by atoms with Gasteiger partial charge in [-0.25, -0.2) is 0 Å². The molecular formula is C44H34N2O4S2. The molecule has 0 aliphatic heterocycles. The van der Waals surface area contributed by atoms with Crippen LogP contribution in [0.2, 0.25) is 0 Å². The van der Waals surface area contributed by atoms with Gasteiger partial charge in [-0.3, -0.25) is 28.3 Å². The van der Waals surface area contributed by atoms with E-state index in [9.17, 15) is 19.2 Å². The summed E-state index contributed by atoms with van der Waals surface area (Å²) in [5.74, 6) is 0. The van der Waals surface area contributed by atoms with Crippen LogP contribution in [0.4, 0.5) is 0 Å². The first-order valence-corrected chi connectivity index (χ1v) is 19.3. The van der Waals surface area contributed by atoms with E-state index in [1.165, 1.54) is 31.8 Å². The lowest BCUT2D eigenvalue weighted by molar-refractivity contribution is 0.568. The van der Waals surface area contributed by atoms with Gasteiger partial charge in [-0.1, -0.05) is 101 Å². The highest BCUT2D eigenvalue weighted by atomic mass is 32.1. The van der Waals surface area contributed by atoms with Crippen molar-refractivity contribution in [2.45, 2.75) is 78.3 Å². The predicted molar refractivity (Wildman–Crippen MR) is 214 cm³/mol. The molecule has 0 aliphatic rings. The first kappa shape index (κ1) is 34.8. The van der Waals surface area contributed by atoms with Crippen LogP contribution in [0.5, 0.6) is 0 Å². The summed E-state index contributed by atoms with van der Waals surface area (Å²) in [6.45, 7) is 5.03. The zero-order chi connectivity index (χ0) is 36.2. The number of rotatable bonds is 10. The van der Waals surface area contributed by atoms with Crippen molar-refractivity contribution in [1.29, 1.82) is 0 Å². The van der Waals surface area contributed by atoms with Crippen LogP contribution in [0, 0.1) is 48.5 Å². The van der Waals surface area contributed by atoms with Crippen LogP contribution in [0.3, 0.4) is 0 Å². The maximum absolute atomic E-state index is 13.4. The van der Waals surface area contributed by atoms with E-state index in [1.807, 2.05) is 24.3 Å². The van der Waals surface area contributed by atoms with E-state index >= 15 is 0 Å². The van der Waals surface area contributed by atoms with Crippen LogP contribution >= 0.6 is 22.7 Å². The van der Waals surface area contributed by atoms with Gasteiger partial charge in [-0.15, -0.1) is 22.7 Å². The van der Waals surface area contributed by atoms with Crippen LogP contribution in [-0.4, -0.2) is 9.13 Å². The Hall–Kier alpha value is -5.64. The number of nitrogens with zero attached hydrogens (tertiary/aromatic N) is 2. The summed E-state index contributed by atoms with van der Waals surface area (Å²) in [7, 11) is 0. The van der Waals surface area contributed by atoms with Crippen molar-refractivity contribution >= 4 is 84.6 Å². The molecule has 0 spiro atoms. The molecule has 5 heterocycles. The van der Waals surface area contributed by atoms with Crippen LogP contribution in [0.25, 0.3) is 61.9 Å². The third kappa shape index (κ3) is 7.10. The van der Waals surface area contributed by atoms with Crippen molar-refractivity contribution in [3.05, 3.63) is 138 Å². The van der Waals surface area contributed by atoms with Gasteiger partial charge in [0.05, 0.1) is 40.3 Å². The lowest BCUT2D eigenvalue weighted by Crippen LogP contribution is -2.25. The highest BCUT2D eigenvalue weighted by molar-refractivity contribution is 7.23. The number of hydrogen-bond donors (Lipinski definition) is 0. The summed E-state index contributed by atoms with van der Waals surface area (Å²) in [4.78, 5) is 53.4. The molecule has 0 atom stereocenters. The maximum atomic E-state index is 13.4. The molecule has 6 nitrogen and oxygen atoms in total.